The third-order valence-electron chi connectivity index (χ3n) is 3.17. The predicted octanol–water partition coefficient (Wildman–Crippen LogP) is 3.71. The molecule has 1 saturated heterocycles. The zero-order valence-electron chi connectivity index (χ0n) is 10.7. The Balaban J connectivity index is 2.21. The Hall–Kier alpha value is -1.05. The fraction of sp³-hybridized carbons (Fsp3) is 0.500. The molecule has 1 aromatic rings. The van der Waals surface area contributed by atoms with Crippen LogP contribution in [0.2, 0.25) is 0 Å². The molecule has 1 aliphatic heterocycles. The molecule has 1 aliphatic rings. The summed E-state index contributed by atoms with van der Waals surface area (Å²) in [4.78, 5) is 0. The van der Waals surface area contributed by atoms with Gasteiger partial charge in [0.1, 0.15) is 5.54 Å². The normalized spacial score (nSPS) is 26.3. The summed E-state index contributed by atoms with van der Waals surface area (Å²) in [6.45, 7) is 4.67. The summed E-state index contributed by atoms with van der Waals surface area (Å²) >= 11 is 3.44. The number of halogens is 1. The summed E-state index contributed by atoms with van der Waals surface area (Å²) in [5.74, 6) is 0. The molecule has 4 heteroatoms. The average Bonchev–Trinajstić information content (AvgIpc) is 2.27. The van der Waals surface area contributed by atoms with Crippen molar-refractivity contribution in [2.75, 3.05) is 11.9 Å². The quantitative estimate of drug-likeness (QED) is 0.906. The smallest absolute Gasteiger partial charge is 0.130 e. The highest BCUT2D eigenvalue weighted by Crippen LogP contribution is 2.34. The first-order chi connectivity index (χ1) is 8.45. The van der Waals surface area contributed by atoms with Crippen LogP contribution in [0.25, 0.3) is 0 Å². The molecule has 1 N–H and O–H groups in total. The minimum absolute atomic E-state index is 0.257. The SMILES string of the molecule is CC1(C)CC(C#N)(Nc2cccc(Br)c2)CCO1. The van der Waals surface area contributed by atoms with Crippen LogP contribution >= 0.6 is 15.9 Å². The van der Waals surface area contributed by atoms with Crippen LogP contribution in [0.3, 0.4) is 0 Å². The van der Waals surface area contributed by atoms with E-state index < -0.39 is 5.54 Å². The third-order valence-corrected chi connectivity index (χ3v) is 3.66. The van der Waals surface area contributed by atoms with Crippen molar-refractivity contribution in [1.82, 2.24) is 0 Å². The van der Waals surface area contributed by atoms with Gasteiger partial charge in [0.25, 0.3) is 0 Å². The lowest BCUT2D eigenvalue weighted by atomic mass is 9.82. The minimum Gasteiger partial charge on any atom is -0.375 e. The van der Waals surface area contributed by atoms with Gasteiger partial charge in [-0.3, -0.25) is 0 Å². The number of hydrogen-bond donors (Lipinski definition) is 1. The molecule has 0 radical (unpaired) electrons. The van der Waals surface area contributed by atoms with Gasteiger partial charge >= 0.3 is 0 Å². The van der Waals surface area contributed by atoms with E-state index in [1.165, 1.54) is 0 Å². The summed E-state index contributed by atoms with van der Waals surface area (Å²) < 4.78 is 6.69. The van der Waals surface area contributed by atoms with E-state index in [2.05, 4.69) is 27.3 Å². The number of anilines is 1. The van der Waals surface area contributed by atoms with Crippen LogP contribution in [0.4, 0.5) is 5.69 Å². The standard InChI is InChI=1S/C14H17BrN2O/c1-13(2)9-14(10-16,6-7-18-13)17-12-5-3-4-11(15)8-12/h3-5,8,17H,6-7,9H2,1-2H3. The molecule has 0 aliphatic carbocycles. The Morgan fingerprint density at radius 3 is 2.83 bits per heavy atom. The van der Waals surface area contributed by atoms with Crippen molar-refractivity contribution < 1.29 is 4.74 Å². The first kappa shape index (κ1) is 13.4. The monoisotopic (exact) mass is 308 g/mol. The van der Waals surface area contributed by atoms with Gasteiger partial charge in [-0.2, -0.15) is 5.26 Å². The van der Waals surface area contributed by atoms with Crippen molar-refractivity contribution in [3.8, 4) is 6.07 Å². The topological polar surface area (TPSA) is 45.0 Å². The van der Waals surface area contributed by atoms with Gasteiger partial charge in [-0.1, -0.05) is 22.0 Å². The van der Waals surface area contributed by atoms with Crippen LogP contribution in [-0.4, -0.2) is 17.7 Å². The van der Waals surface area contributed by atoms with Crippen molar-refractivity contribution in [3.05, 3.63) is 28.7 Å². The second kappa shape index (κ2) is 4.91. The number of hydrogen-bond acceptors (Lipinski definition) is 3. The summed E-state index contributed by atoms with van der Waals surface area (Å²) in [6, 6.07) is 10.3. The van der Waals surface area contributed by atoms with Gasteiger partial charge in [-0.25, -0.2) is 0 Å². The van der Waals surface area contributed by atoms with Crippen LogP contribution < -0.4 is 5.32 Å². The van der Waals surface area contributed by atoms with Crippen molar-refractivity contribution in [2.45, 2.75) is 37.8 Å². The average molecular weight is 309 g/mol. The number of nitrogens with zero attached hydrogens (tertiary/aromatic N) is 1. The van der Waals surface area contributed by atoms with Gasteiger partial charge in [-0.05, 0) is 32.0 Å². The molecular formula is C14H17BrN2O. The molecule has 0 spiro atoms. The molecule has 1 heterocycles. The Morgan fingerprint density at radius 1 is 1.44 bits per heavy atom. The minimum atomic E-state index is -0.539. The van der Waals surface area contributed by atoms with E-state index >= 15 is 0 Å². The van der Waals surface area contributed by atoms with Crippen molar-refractivity contribution >= 4 is 21.6 Å². The molecule has 3 nitrogen and oxygen atoms in total. The maximum absolute atomic E-state index is 9.52. The van der Waals surface area contributed by atoms with E-state index in [1.807, 2.05) is 38.1 Å². The molecular weight excluding hydrogens is 292 g/mol. The molecule has 0 saturated carbocycles. The zero-order chi connectivity index (χ0) is 13.2. The Labute approximate surface area is 116 Å². The maximum atomic E-state index is 9.52. The first-order valence-electron chi connectivity index (χ1n) is 6.04. The largest absolute Gasteiger partial charge is 0.375 e. The van der Waals surface area contributed by atoms with Crippen LogP contribution in [0.5, 0.6) is 0 Å². The highest BCUT2D eigenvalue weighted by atomic mass is 79.9. The summed E-state index contributed by atoms with van der Waals surface area (Å²) in [5, 5.41) is 12.9. The van der Waals surface area contributed by atoms with Gasteiger partial charge < -0.3 is 10.1 Å². The summed E-state index contributed by atoms with van der Waals surface area (Å²) in [5.41, 5.74) is 0.166. The van der Waals surface area contributed by atoms with Crippen molar-refractivity contribution in [3.63, 3.8) is 0 Å². The maximum Gasteiger partial charge on any atom is 0.130 e. The molecule has 1 fully saturated rings. The fourth-order valence-corrected chi connectivity index (χ4v) is 2.84. The Kier molecular flexibility index (Phi) is 3.65. The molecule has 2 rings (SSSR count). The lowest BCUT2D eigenvalue weighted by Crippen LogP contribution is -2.49. The van der Waals surface area contributed by atoms with E-state index in [1.54, 1.807) is 0 Å². The molecule has 0 amide bonds. The van der Waals surface area contributed by atoms with E-state index in [9.17, 15) is 5.26 Å². The fourth-order valence-electron chi connectivity index (χ4n) is 2.44. The number of ether oxygens (including phenoxy) is 1. The summed E-state index contributed by atoms with van der Waals surface area (Å²) in [6.07, 6.45) is 1.39. The van der Waals surface area contributed by atoms with Gasteiger partial charge in [0.15, 0.2) is 0 Å². The lowest BCUT2D eigenvalue weighted by molar-refractivity contribution is -0.0659. The van der Waals surface area contributed by atoms with E-state index in [-0.39, 0.29) is 5.60 Å². The van der Waals surface area contributed by atoms with E-state index in [0.717, 1.165) is 10.2 Å². The highest BCUT2D eigenvalue weighted by Gasteiger charge is 2.41. The van der Waals surface area contributed by atoms with Crippen molar-refractivity contribution in [2.24, 2.45) is 0 Å². The number of benzene rings is 1. The zero-order valence-corrected chi connectivity index (χ0v) is 12.3. The molecule has 18 heavy (non-hydrogen) atoms. The second-order valence-electron chi connectivity index (χ2n) is 5.36. The second-order valence-corrected chi connectivity index (χ2v) is 6.28. The molecule has 0 aromatic heterocycles. The van der Waals surface area contributed by atoms with Crippen molar-refractivity contribution in [1.29, 1.82) is 5.26 Å². The first-order valence-corrected chi connectivity index (χ1v) is 6.83. The predicted molar refractivity (Wildman–Crippen MR) is 75.4 cm³/mol. The van der Waals surface area contributed by atoms with Crippen LogP contribution in [0.1, 0.15) is 26.7 Å². The molecule has 1 unspecified atom stereocenters. The molecule has 1 aromatic carbocycles. The number of nitrogens with one attached hydrogen (secondary N) is 1. The van der Waals surface area contributed by atoms with E-state index in [0.29, 0.717) is 19.4 Å². The number of rotatable bonds is 2. The lowest BCUT2D eigenvalue weighted by Gasteiger charge is -2.41. The van der Waals surface area contributed by atoms with Crippen LogP contribution in [-0.2, 0) is 4.74 Å². The van der Waals surface area contributed by atoms with Crippen LogP contribution in [0, 0.1) is 11.3 Å². The van der Waals surface area contributed by atoms with Crippen LogP contribution in [0.15, 0.2) is 28.7 Å². The van der Waals surface area contributed by atoms with Gasteiger partial charge in [0.2, 0.25) is 0 Å². The van der Waals surface area contributed by atoms with Gasteiger partial charge in [0, 0.05) is 23.0 Å². The van der Waals surface area contributed by atoms with Gasteiger partial charge in [0.05, 0.1) is 18.3 Å². The number of nitriles is 1. The van der Waals surface area contributed by atoms with E-state index in [4.69, 9.17) is 4.74 Å². The highest BCUT2D eigenvalue weighted by molar-refractivity contribution is 9.10. The Morgan fingerprint density at radius 2 is 2.22 bits per heavy atom. The molecule has 96 valence electrons. The summed E-state index contributed by atoms with van der Waals surface area (Å²) in [7, 11) is 0. The van der Waals surface area contributed by atoms with Gasteiger partial charge in [-0.15, -0.1) is 0 Å². The molecule has 1 atom stereocenters. The Bertz CT molecular complexity index is 481. The molecule has 0 bridgehead atoms. The third kappa shape index (κ3) is 3.04.